The number of nitrogens with one attached hydrogen (secondary N) is 1. The number of halogens is 1. The van der Waals surface area contributed by atoms with E-state index in [0.29, 0.717) is 10.6 Å². The lowest BCUT2D eigenvalue weighted by atomic mass is 9.98. The largest absolute Gasteiger partial charge is 0.476 e. The second kappa shape index (κ2) is 8.72. The SMILES string of the molecule is O=C(O)c1c(Cl)sc(=NC(=O)C2CC2)n1Cc1ccc(-c2ccccc2-c2nn[nH]n2)cc1. The number of amides is 1. The van der Waals surface area contributed by atoms with Crippen molar-refractivity contribution in [2.24, 2.45) is 10.9 Å². The summed E-state index contributed by atoms with van der Waals surface area (Å²) in [6.45, 7) is 0.217. The average molecular weight is 481 g/mol. The monoisotopic (exact) mass is 480 g/mol. The highest BCUT2D eigenvalue weighted by Crippen LogP contribution is 2.31. The number of hydrogen-bond acceptors (Lipinski definition) is 6. The van der Waals surface area contributed by atoms with Crippen molar-refractivity contribution in [3.05, 3.63) is 68.9 Å². The number of carbonyl (C=O) groups excluding carboxylic acids is 1. The van der Waals surface area contributed by atoms with Gasteiger partial charge in [-0.2, -0.15) is 10.2 Å². The summed E-state index contributed by atoms with van der Waals surface area (Å²) in [5.74, 6) is -0.962. The van der Waals surface area contributed by atoms with Gasteiger partial charge < -0.3 is 9.67 Å². The molecule has 0 unspecified atom stereocenters. The number of carbonyl (C=O) groups is 2. The van der Waals surface area contributed by atoms with E-state index < -0.39 is 5.97 Å². The van der Waals surface area contributed by atoms with Gasteiger partial charge in [-0.3, -0.25) is 4.79 Å². The molecule has 33 heavy (non-hydrogen) atoms. The van der Waals surface area contributed by atoms with Crippen LogP contribution in [0.15, 0.2) is 53.5 Å². The Labute approximate surface area is 196 Å². The summed E-state index contributed by atoms with van der Waals surface area (Å²) >= 11 is 7.19. The number of H-pyrrole nitrogens is 1. The van der Waals surface area contributed by atoms with Crippen molar-refractivity contribution < 1.29 is 14.7 Å². The minimum atomic E-state index is -1.16. The first-order valence-electron chi connectivity index (χ1n) is 10.1. The Morgan fingerprint density at radius 2 is 1.88 bits per heavy atom. The van der Waals surface area contributed by atoms with Crippen molar-refractivity contribution >= 4 is 34.8 Å². The smallest absolute Gasteiger partial charge is 0.355 e. The predicted octanol–water partition coefficient (Wildman–Crippen LogP) is 3.63. The van der Waals surface area contributed by atoms with E-state index in [1.54, 1.807) is 0 Å². The maximum absolute atomic E-state index is 12.2. The van der Waals surface area contributed by atoms with E-state index in [-0.39, 0.29) is 28.4 Å². The van der Waals surface area contributed by atoms with Gasteiger partial charge in [0.1, 0.15) is 4.34 Å². The molecular formula is C22H17ClN6O3S. The molecule has 1 aliphatic rings. The second-order valence-electron chi connectivity index (χ2n) is 7.60. The van der Waals surface area contributed by atoms with Crippen LogP contribution in [0.25, 0.3) is 22.5 Å². The Balaban J connectivity index is 1.49. The molecule has 5 rings (SSSR count). The van der Waals surface area contributed by atoms with E-state index in [1.807, 2.05) is 48.5 Å². The van der Waals surface area contributed by atoms with Gasteiger partial charge in [0, 0.05) is 11.5 Å². The van der Waals surface area contributed by atoms with Crippen molar-refractivity contribution in [2.45, 2.75) is 19.4 Å². The molecule has 1 aliphatic carbocycles. The van der Waals surface area contributed by atoms with Crippen molar-refractivity contribution in [3.8, 4) is 22.5 Å². The number of rotatable bonds is 6. The lowest BCUT2D eigenvalue weighted by Gasteiger charge is -2.10. The summed E-state index contributed by atoms with van der Waals surface area (Å²) in [5, 5.41) is 23.9. The molecule has 0 aliphatic heterocycles. The number of hydrogen-bond donors (Lipinski definition) is 2. The molecular weight excluding hydrogens is 464 g/mol. The van der Waals surface area contributed by atoms with Gasteiger partial charge >= 0.3 is 5.97 Å². The van der Waals surface area contributed by atoms with E-state index in [4.69, 9.17) is 11.6 Å². The number of aromatic carboxylic acids is 1. The van der Waals surface area contributed by atoms with Crippen molar-refractivity contribution in [1.29, 1.82) is 0 Å². The van der Waals surface area contributed by atoms with Crippen molar-refractivity contribution in [1.82, 2.24) is 25.2 Å². The maximum Gasteiger partial charge on any atom is 0.355 e. The summed E-state index contributed by atoms with van der Waals surface area (Å²) in [6.07, 6.45) is 1.64. The van der Waals surface area contributed by atoms with E-state index in [0.717, 1.165) is 46.4 Å². The zero-order chi connectivity index (χ0) is 22.9. The molecule has 11 heteroatoms. The van der Waals surface area contributed by atoms with Gasteiger partial charge in [-0.05, 0) is 34.7 Å². The Morgan fingerprint density at radius 3 is 2.52 bits per heavy atom. The summed E-state index contributed by atoms with van der Waals surface area (Å²) in [4.78, 5) is 28.5. The lowest BCUT2D eigenvalue weighted by Crippen LogP contribution is -2.22. The zero-order valence-corrected chi connectivity index (χ0v) is 18.7. The highest BCUT2D eigenvalue weighted by molar-refractivity contribution is 7.14. The Hall–Kier alpha value is -3.63. The highest BCUT2D eigenvalue weighted by atomic mass is 35.5. The molecule has 1 amide bonds. The number of carboxylic acid groups (broad SMARTS) is 1. The first-order chi connectivity index (χ1) is 16.0. The molecule has 2 heterocycles. The number of tetrazole rings is 1. The summed E-state index contributed by atoms with van der Waals surface area (Å²) in [6, 6.07) is 15.4. The molecule has 166 valence electrons. The first-order valence-corrected chi connectivity index (χ1v) is 11.3. The number of aromatic amines is 1. The van der Waals surface area contributed by atoms with Gasteiger partial charge in [-0.25, -0.2) is 4.79 Å². The third-order valence-corrected chi connectivity index (χ3v) is 6.60. The predicted molar refractivity (Wildman–Crippen MR) is 122 cm³/mol. The third kappa shape index (κ3) is 4.35. The van der Waals surface area contributed by atoms with Crippen LogP contribution in [0.3, 0.4) is 0 Å². The van der Waals surface area contributed by atoms with E-state index in [9.17, 15) is 14.7 Å². The van der Waals surface area contributed by atoms with Crippen LogP contribution in [0.2, 0.25) is 4.34 Å². The summed E-state index contributed by atoms with van der Waals surface area (Å²) < 4.78 is 1.58. The maximum atomic E-state index is 12.2. The highest BCUT2D eigenvalue weighted by Gasteiger charge is 2.30. The van der Waals surface area contributed by atoms with Crippen LogP contribution in [0.4, 0.5) is 0 Å². The first kappa shape index (κ1) is 21.2. The number of nitrogens with zero attached hydrogens (tertiary/aromatic N) is 5. The summed E-state index contributed by atoms with van der Waals surface area (Å²) in [5.41, 5.74) is 3.49. The van der Waals surface area contributed by atoms with Gasteiger partial charge in [-0.1, -0.05) is 71.5 Å². The molecule has 0 bridgehead atoms. The second-order valence-corrected chi connectivity index (χ2v) is 9.18. The van der Waals surface area contributed by atoms with Crippen LogP contribution >= 0.6 is 22.9 Å². The quantitative estimate of drug-likeness (QED) is 0.434. The molecule has 4 aromatic rings. The van der Waals surface area contributed by atoms with Crippen molar-refractivity contribution in [2.75, 3.05) is 0 Å². The van der Waals surface area contributed by atoms with Gasteiger partial charge in [0.05, 0.1) is 6.54 Å². The van der Waals surface area contributed by atoms with E-state index >= 15 is 0 Å². The van der Waals surface area contributed by atoms with Gasteiger partial charge in [0.15, 0.2) is 10.5 Å². The molecule has 0 saturated heterocycles. The zero-order valence-electron chi connectivity index (χ0n) is 17.1. The number of thiazole rings is 1. The summed E-state index contributed by atoms with van der Waals surface area (Å²) in [7, 11) is 0. The van der Waals surface area contributed by atoms with E-state index in [1.165, 1.54) is 4.57 Å². The molecule has 0 radical (unpaired) electrons. The molecule has 1 fully saturated rings. The Morgan fingerprint density at radius 1 is 1.15 bits per heavy atom. The van der Waals surface area contributed by atoms with Gasteiger partial charge in [0.2, 0.25) is 5.82 Å². The standard InChI is InChI=1S/C22H17ClN6O3S/c23-18-17(21(31)32)29(22(33-18)24-20(30)14-9-10-14)11-12-5-7-13(8-6-12)15-3-1-2-4-16(15)19-25-27-28-26-19/h1-8,14H,9-11H2,(H,31,32)(H,25,26,27,28). The molecule has 0 atom stereocenters. The van der Waals surface area contributed by atoms with Crippen LogP contribution in [0.5, 0.6) is 0 Å². The topological polar surface area (TPSA) is 126 Å². The number of aromatic nitrogens is 5. The van der Waals surface area contributed by atoms with Gasteiger partial charge in [-0.15, -0.1) is 10.2 Å². The number of benzene rings is 2. The fourth-order valence-corrected chi connectivity index (χ4v) is 4.75. The Kier molecular flexibility index (Phi) is 5.61. The molecule has 2 aromatic carbocycles. The van der Waals surface area contributed by atoms with Crippen LogP contribution in [-0.4, -0.2) is 42.2 Å². The minimum absolute atomic E-state index is 0.0637. The molecule has 2 aromatic heterocycles. The Bertz CT molecular complexity index is 1400. The van der Waals surface area contributed by atoms with Crippen LogP contribution in [-0.2, 0) is 11.3 Å². The van der Waals surface area contributed by atoms with Crippen LogP contribution < -0.4 is 4.80 Å². The molecule has 1 saturated carbocycles. The molecule has 0 spiro atoms. The normalized spacial score (nSPS) is 13.9. The van der Waals surface area contributed by atoms with Crippen molar-refractivity contribution in [3.63, 3.8) is 0 Å². The average Bonchev–Trinajstić information content (AvgIpc) is 3.43. The van der Waals surface area contributed by atoms with Crippen LogP contribution in [0.1, 0.15) is 28.9 Å². The third-order valence-electron chi connectivity index (χ3n) is 5.32. The molecule has 9 nitrogen and oxygen atoms in total. The minimum Gasteiger partial charge on any atom is -0.476 e. The fourth-order valence-electron chi connectivity index (χ4n) is 3.51. The van der Waals surface area contributed by atoms with Gasteiger partial charge in [0.25, 0.3) is 5.91 Å². The van der Waals surface area contributed by atoms with E-state index in [2.05, 4.69) is 25.6 Å². The fraction of sp³-hybridized carbons (Fsp3) is 0.182. The van der Waals surface area contributed by atoms with Crippen LogP contribution in [0, 0.1) is 5.92 Å². The lowest BCUT2D eigenvalue weighted by molar-refractivity contribution is -0.119. The molecule has 2 N–H and O–H groups in total. The number of carboxylic acids is 1.